The van der Waals surface area contributed by atoms with Crippen molar-refractivity contribution >= 4 is 22.1 Å². The first kappa shape index (κ1) is 13.4. The van der Waals surface area contributed by atoms with Crippen molar-refractivity contribution in [2.24, 2.45) is 29.6 Å². The van der Waals surface area contributed by atoms with Gasteiger partial charge in [0.2, 0.25) is 0 Å². The molecule has 0 radical (unpaired) electrons. The van der Waals surface area contributed by atoms with E-state index in [4.69, 9.17) is 9.29 Å². The molecule has 1 aliphatic heterocycles. The Morgan fingerprint density at radius 2 is 2.00 bits per heavy atom. The molecule has 10 heteroatoms. The third-order valence-electron chi connectivity index (χ3n) is 5.17. The van der Waals surface area contributed by atoms with Gasteiger partial charge in [-0.1, -0.05) is 0 Å². The van der Waals surface area contributed by atoms with Crippen molar-refractivity contribution in [2.75, 3.05) is 0 Å². The van der Waals surface area contributed by atoms with Gasteiger partial charge >= 0.3 is 27.3 Å². The molecule has 1 N–H and O–H groups in total. The summed E-state index contributed by atoms with van der Waals surface area (Å²) in [4.78, 5) is 23.0. The molecule has 1 heterocycles. The summed E-state index contributed by atoms with van der Waals surface area (Å²) >= 11 is 0. The predicted molar refractivity (Wildman–Crippen MR) is 58.3 cm³/mol. The average molecular weight is 324 g/mol. The Balaban J connectivity index is 1.57. The SMILES string of the molecule is O=C1OC2C(OC(=O)C(F)(F)S(=O)(=O)O)C3C4CC1C2C43. The molecule has 7 nitrogen and oxygen atoms in total. The van der Waals surface area contributed by atoms with E-state index in [1.165, 1.54) is 0 Å². The van der Waals surface area contributed by atoms with Crippen LogP contribution in [0.3, 0.4) is 0 Å². The number of hydrogen-bond acceptors (Lipinski definition) is 6. The lowest BCUT2D eigenvalue weighted by Crippen LogP contribution is -2.43. The van der Waals surface area contributed by atoms with Crippen LogP contribution in [0.15, 0.2) is 0 Å². The van der Waals surface area contributed by atoms with Crippen molar-refractivity contribution in [3.05, 3.63) is 0 Å². The molecule has 0 amide bonds. The van der Waals surface area contributed by atoms with E-state index in [9.17, 15) is 26.8 Å². The summed E-state index contributed by atoms with van der Waals surface area (Å²) in [6, 6.07) is 0. The van der Waals surface area contributed by atoms with Gasteiger partial charge in [0, 0.05) is 11.8 Å². The highest BCUT2D eigenvalue weighted by molar-refractivity contribution is 7.87. The molecule has 21 heavy (non-hydrogen) atoms. The van der Waals surface area contributed by atoms with Crippen molar-refractivity contribution in [3.63, 3.8) is 0 Å². The number of hydrogen-bond donors (Lipinski definition) is 1. The topological polar surface area (TPSA) is 107 Å². The Bertz CT molecular complexity index is 659. The molecular formula is C11H10F2O7S. The van der Waals surface area contributed by atoms with Crippen LogP contribution in [0, 0.1) is 29.6 Å². The maximum atomic E-state index is 13.2. The number of esters is 2. The Labute approximate surface area is 117 Å². The van der Waals surface area contributed by atoms with E-state index in [1.807, 2.05) is 0 Å². The van der Waals surface area contributed by atoms with Crippen LogP contribution in [0.2, 0.25) is 0 Å². The largest absolute Gasteiger partial charge is 0.465 e. The first-order valence-electron chi connectivity index (χ1n) is 6.41. The summed E-state index contributed by atoms with van der Waals surface area (Å²) in [6.45, 7) is 0. The van der Waals surface area contributed by atoms with Crippen molar-refractivity contribution < 1.29 is 40.8 Å². The number of fused-ring (bicyclic) bond motifs is 1. The predicted octanol–water partition coefficient (Wildman–Crippen LogP) is -0.184. The molecule has 0 aromatic rings. The molecular weight excluding hydrogens is 314 g/mol. The third kappa shape index (κ3) is 1.47. The van der Waals surface area contributed by atoms with Crippen molar-refractivity contribution in [3.8, 4) is 0 Å². The highest BCUT2D eigenvalue weighted by Gasteiger charge is 2.79. The highest BCUT2D eigenvalue weighted by Crippen LogP contribution is 2.73. The minimum absolute atomic E-state index is 0.114. The van der Waals surface area contributed by atoms with Gasteiger partial charge in [-0.15, -0.1) is 0 Å². The van der Waals surface area contributed by atoms with Crippen molar-refractivity contribution in [1.29, 1.82) is 0 Å². The average Bonchev–Trinajstić information content (AvgIpc) is 2.64. The minimum Gasteiger partial charge on any atom is -0.458 e. The van der Waals surface area contributed by atoms with Crippen LogP contribution in [0.1, 0.15) is 6.42 Å². The summed E-state index contributed by atoms with van der Waals surface area (Å²) in [5.74, 6) is -3.06. The van der Waals surface area contributed by atoms with Crippen LogP contribution >= 0.6 is 0 Å². The maximum absolute atomic E-state index is 13.2. The molecule has 4 aliphatic rings. The molecule has 4 rings (SSSR count). The molecule has 7 atom stereocenters. The second-order valence-corrected chi connectivity index (χ2v) is 7.46. The van der Waals surface area contributed by atoms with Crippen LogP contribution in [0.5, 0.6) is 0 Å². The van der Waals surface area contributed by atoms with Crippen LogP contribution < -0.4 is 0 Å². The third-order valence-corrected chi connectivity index (χ3v) is 5.98. The van der Waals surface area contributed by atoms with Gasteiger partial charge in [-0.05, 0) is 18.3 Å². The number of ether oxygens (including phenoxy) is 2. The molecule has 3 aliphatic carbocycles. The smallest absolute Gasteiger partial charge is 0.458 e. The molecule has 1 saturated heterocycles. The molecule has 7 unspecified atom stereocenters. The maximum Gasteiger partial charge on any atom is 0.465 e. The summed E-state index contributed by atoms with van der Waals surface area (Å²) in [6.07, 6.45) is -1.24. The minimum atomic E-state index is -5.90. The Morgan fingerprint density at radius 1 is 1.33 bits per heavy atom. The summed E-state index contributed by atoms with van der Waals surface area (Å²) < 4.78 is 65.6. The van der Waals surface area contributed by atoms with E-state index in [1.54, 1.807) is 0 Å². The van der Waals surface area contributed by atoms with Crippen LogP contribution in [0.25, 0.3) is 0 Å². The summed E-state index contributed by atoms with van der Waals surface area (Å²) in [5, 5.41) is -5.03. The fourth-order valence-corrected chi connectivity index (χ4v) is 4.67. The van der Waals surface area contributed by atoms with Gasteiger partial charge in [0.05, 0.1) is 5.92 Å². The number of alkyl halides is 2. The molecule has 3 saturated carbocycles. The Hall–Kier alpha value is -1.29. The fourth-order valence-electron chi connectivity index (χ4n) is 4.42. The number of carbonyl (C=O) groups is 2. The van der Waals surface area contributed by atoms with Gasteiger partial charge in [-0.25, -0.2) is 4.79 Å². The van der Waals surface area contributed by atoms with Gasteiger partial charge in [-0.2, -0.15) is 17.2 Å². The summed E-state index contributed by atoms with van der Waals surface area (Å²) in [7, 11) is -5.90. The number of carbonyl (C=O) groups excluding carboxylic acids is 2. The van der Waals surface area contributed by atoms with Gasteiger partial charge in [0.1, 0.15) is 12.2 Å². The Kier molecular flexibility index (Phi) is 2.26. The van der Waals surface area contributed by atoms with Crippen molar-refractivity contribution in [2.45, 2.75) is 23.9 Å². The molecule has 0 aromatic heterocycles. The second kappa shape index (κ2) is 3.54. The number of halogens is 2. The van der Waals surface area contributed by atoms with Crippen LogP contribution in [-0.4, -0.2) is 42.4 Å². The van der Waals surface area contributed by atoms with Crippen molar-refractivity contribution in [1.82, 2.24) is 0 Å². The molecule has 0 spiro atoms. The first-order chi connectivity index (χ1) is 9.64. The molecule has 4 fully saturated rings. The quantitative estimate of drug-likeness (QED) is 0.566. The zero-order valence-electron chi connectivity index (χ0n) is 10.3. The van der Waals surface area contributed by atoms with E-state index in [0.29, 0.717) is 6.42 Å². The monoisotopic (exact) mass is 324 g/mol. The van der Waals surface area contributed by atoms with Gasteiger partial charge in [0.15, 0.2) is 0 Å². The van der Waals surface area contributed by atoms with E-state index < -0.39 is 39.5 Å². The van der Waals surface area contributed by atoms with Gasteiger partial charge in [-0.3, -0.25) is 9.35 Å². The first-order valence-corrected chi connectivity index (χ1v) is 7.85. The van der Waals surface area contributed by atoms with Gasteiger partial charge in [0.25, 0.3) is 0 Å². The standard InChI is InChI=1S/C11H10F2O7S/c12-11(13,21(16,17)18)10(15)20-8-5-2-1-3-6(4(2)5)7(8)19-9(3)14/h2-8H,1H2,(H,16,17,18). The van der Waals surface area contributed by atoms with Crippen LogP contribution in [0.4, 0.5) is 8.78 Å². The Morgan fingerprint density at radius 3 is 2.62 bits per heavy atom. The van der Waals surface area contributed by atoms with Crippen LogP contribution in [-0.2, 0) is 29.2 Å². The second-order valence-electron chi connectivity index (χ2n) is 6.00. The normalized spacial score (nSPS) is 46.2. The van der Waals surface area contributed by atoms with E-state index in [0.717, 1.165) is 0 Å². The zero-order valence-corrected chi connectivity index (χ0v) is 11.1. The molecule has 0 aromatic carbocycles. The fraction of sp³-hybridized carbons (Fsp3) is 0.818. The molecule has 116 valence electrons. The van der Waals surface area contributed by atoms with E-state index >= 15 is 0 Å². The van der Waals surface area contributed by atoms with E-state index in [2.05, 4.69) is 4.74 Å². The van der Waals surface area contributed by atoms with Gasteiger partial charge < -0.3 is 9.47 Å². The zero-order chi connectivity index (χ0) is 15.3. The molecule has 0 bridgehead atoms. The lowest BCUT2D eigenvalue weighted by Gasteiger charge is -2.23. The lowest BCUT2D eigenvalue weighted by molar-refractivity contribution is -0.177. The lowest BCUT2D eigenvalue weighted by atomic mass is 9.94. The number of rotatable bonds is 3. The summed E-state index contributed by atoms with van der Waals surface area (Å²) in [5.41, 5.74) is 0. The van der Waals surface area contributed by atoms with E-state index in [-0.39, 0.29) is 29.6 Å². The highest BCUT2D eigenvalue weighted by atomic mass is 32.2.